The Bertz CT molecular complexity index is 697. The van der Waals surface area contributed by atoms with Crippen molar-refractivity contribution >= 4 is 45.9 Å². The number of aromatic nitrogens is 1. The number of thiazole rings is 1. The van der Waals surface area contributed by atoms with Gasteiger partial charge < -0.3 is 5.73 Å². The molecule has 3 nitrogen and oxygen atoms in total. The number of benzene rings is 1. The molecule has 26 heavy (non-hydrogen) atoms. The summed E-state index contributed by atoms with van der Waals surface area (Å²) in [7, 11) is 0. The lowest BCUT2D eigenvalue weighted by molar-refractivity contribution is 0.100. The molecule has 0 radical (unpaired) electrons. The Labute approximate surface area is 169 Å². The Morgan fingerprint density at radius 2 is 1.96 bits per heavy atom. The smallest absolute Gasteiger partial charge is 0.260 e. The van der Waals surface area contributed by atoms with Gasteiger partial charge in [-0.15, -0.1) is 11.3 Å². The molecule has 144 valence electrons. The fraction of sp³-hybridized carbons (Fsp3) is 0.421. The number of rotatable bonds is 5. The van der Waals surface area contributed by atoms with Gasteiger partial charge in [-0.05, 0) is 48.7 Å². The summed E-state index contributed by atoms with van der Waals surface area (Å²) in [5.41, 5.74) is 5.63. The molecule has 0 spiro atoms. The maximum Gasteiger partial charge on any atom is 0.260 e. The van der Waals surface area contributed by atoms with E-state index in [0.717, 1.165) is 28.5 Å². The zero-order chi connectivity index (χ0) is 20.3. The SMILES string of the molecule is CC.CC(=S)CCC(C)C.NC(=O)c1cnc(-c2cc(F)cc(Cl)c2)s1. The van der Waals surface area contributed by atoms with Crippen LogP contribution in [-0.2, 0) is 0 Å². The molecule has 1 aromatic carbocycles. The van der Waals surface area contributed by atoms with E-state index in [1.807, 2.05) is 20.8 Å². The van der Waals surface area contributed by atoms with E-state index >= 15 is 0 Å². The minimum absolute atomic E-state index is 0.283. The molecule has 0 atom stereocenters. The van der Waals surface area contributed by atoms with Gasteiger partial charge in [0.15, 0.2) is 0 Å². The minimum atomic E-state index is -0.550. The summed E-state index contributed by atoms with van der Waals surface area (Å²) in [6, 6.07) is 4.08. The largest absolute Gasteiger partial charge is 0.365 e. The summed E-state index contributed by atoms with van der Waals surface area (Å²) in [5.74, 6) is -0.197. The van der Waals surface area contributed by atoms with Gasteiger partial charge >= 0.3 is 0 Å². The molecule has 1 amide bonds. The lowest BCUT2D eigenvalue weighted by atomic mass is 10.1. The molecule has 0 saturated heterocycles. The molecule has 2 N–H and O–H groups in total. The van der Waals surface area contributed by atoms with Gasteiger partial charge in [0.25, 0.3) is 5.91 Å². The van der Waals surface area contributed by atoms with E-state index in [-0.39, 0.29) is 5.02 Å². The van der Waals surface area contributed by atoms with E-state index in [0.29, 0.717) is 15.4 Å². The predicted molar refractivity (Wildman–Crippen MR) is 115 cm³/mol. The van der Waals surface area contributed by atoms with Crippen molar-refractivity contribution in [2.45, 2.75) is 47.5 Å². The van der Waals surface area contributed by atoms with Crippen molar-refractivity contribution < 1.29 is 9.18 Å². The average Bonchev–Trinajstić information content (AvgIpc) is 3.05. The van der Waals surface area contributed by atoms with Crippen LogP contribution in [0.25, 0.3) is 10.6 Å². The number of hydrogen-bond acceptors (Lipinski definition) is 4. The molecule has 0 unspecified atom stereocenters. The lowest BCUT2D eigenvalue weighted by Crippen LogP contribution is -2.08. The van der Waals surface area contributed by atoms with E-state index in [2.05, 4.69) is 18.8 Å². The van der Waals surface area contributed by atoms with Gasteiger partial charge in [-0.2, -0.15) is 0 Å². The summed E-state index contributed by atoms with van der Waals surface area (Å²) in [6.45, 7) is 10.5. The molecule has 7 heteroatoms. The highest BCUT2D eigenvalue weighted by atomic mass is 35.5. The predicted octanol–water partition coefficient (Wildman–Crippen LogP) is 6.54. The molecule has 0 aliphatic heterocycles. The summed E-state index contributed by atoms with van der Waals surface area (Å²) >= 11 is 11.7. The van der Waals surface area contributed by atoms with E-state index in [4.69, 9.17) is 29.6 Å². The number of halogens is 2. The normalized spacial score (nSPS) is 9.69. The van der Waals surface area contributed by atoms with Gasteiger partial charge in [0.05, 0.1) is 6.20 Å². The standard InChI is InChI=1S/C10H6ClFN2OS.C7H14S.C2H6/c11-6-1-5(2-7(12)3-6)10-14-4-8(16-10)9(13)15;1-6(2)4-5-7(3)8;1-2/h1-4H,(H2,13,15);6H,4-5H2,1-3H3;1-2H3. The van der Waals surface area contributed by atoms with Gasteiger partial charge in [-0.25, -0.2) is 9.37 Å². The second-order valence-corrected chi connectivity index (χ2v) is 7.85. The molecular formula is C19H26ClFN2OS2. The Kier molecular flexibility index (Phi) is 12.2. The topological polar surface area (TPSA) is 56.0 Å². The number of hydrogen-bond donors (Lipinski definition) is 1. The average molecular weight is 417 g/mol. The molecule has 0 saturated carbocycles. The van der Waals surface area contributed by atoms with E-state index < -0.39 is 11.7 Å². The minimum Gasteiger partial charge on any atom is -0.365 e. The number of amides is 1. The lowest BCUT2D eigenvalue weighted by Gasteiger charge is -2.00. The van der Waals surface area contributed by atoms with Crippen LogP contribution in [-0.4, -0.2) is 15.8 Å². The van der Waals surface area contributed by atoms with E-state index in [1.54, 1.807) is 6.07 Å². The van der Waals surface area contributed by atoms with E-state index in [1.165, 1.54) is 24.8 Å². The Morgan fingerprint density at radius 3 is 2.35 bits per heavy atom. The molecule has 0 aliphatic rings. The maximum atomic E-state index is 13.1. The first-order valence-corrected chi connectivity index (χ1v) is 10.0. The van der Waals surface area contributed by atoms with Crippen molar-refractivity contribution in [2.75, 3.05) is 0 Å². The van der Waals surface area contributed by atoms with Crippen LogP contribution in [0.3, 0.4) is 0 Å². The third-order valence-electron chi connectivity index (χ3n) is 2.93. The quantitative estimate of drug-likeness (QED) is 0.563. The highest BCUT2D eigenvalue weighted by molar-refractivity contribution is 7.80. The number of primary amides is 1. The van der Waals surface area contributed by atoms with Gasteiger partial charge in [-0.1, -0.05) is 51.5 Å². The third-order valence-corrected chi connectivity index (χ3v) is 4.42. The molecule has 0 bridgehead atoms. The third kappa shape index (κ3) is 9.94. The molecular weight excluding hydrogens is 391 g/mol. The van der Waals surface area contributed by atoms with Crippen LogP contribution in [0.15, 0.2) is 24.4 Å². The molecule has 0 aliphatic carbocycles. The van der Waals surface area contributed by atoms with Crippen molar-refractivity contribution in [3.63, 3.8) is 0 Å². The molecule has 2 aromatic rings. The van der Waals surface area contributed by atoms with Gasteiger partial charge in [0.2, 0.25) is 0 Å². The van der Waals surface area contributed by atoms with Gasteiger partial charge in [0.1, 0.15) is 15.7 Å². The second kappa shape index (κ2) is 12.9. The number of carbonyl (C=O) groups is 1. The Morgan fingerprint density at radius 1 is 1.35 bits per heavy atom. The molecule has 1 heterocycles. The van der Waals surface area contributed by atoms with Crippen molar-refractivity contribution in [3.05, 3.63) is 40.1 Å². The summed E-state index contributed by atoms with van der Waals surface area (Å²) in [4.78, 5) is 16.3. The van der Waals surface area contributed by atoms with Crippen LogP contribution in [0, 0.1) is 11.7 Å². The summed E-state index contributed by atoms with van der Waals surface area (Å²) < 4.78 is 13.1. The highest BCUT2D eigenvalue weighted by Crippen LogP contribution is 2.28. The number of nitrogens with zero attached hydrogens (tertiary/aromatic N) is 1. The Hall–Kier alpha value is -1.37. The highest BCUT2D eigenvalue weighted by Gasteiger charge is 2.10. The monoisotopic (exact) mass is 416 g/mol. The van der Waals surface area contributed by atoms with Crippen molar-refractivity contribution in [2.24, 2.45) is 11.7 Å². The summed E-state index contributed by atoms with van der Waals surface area (Å²) in [6.07, 6.45) is 3.73. The summed E-state index contributed by atoms with van der Waals surface area (Å²) in [5, 5.41) is 0.793. The van der Waals surface area contributed by atoms with Crippen molar-refractivity contribution in [1.82, 2.24) is 4.98 Å². The van der Waals surface area contributed by atoms with Crippen LogP contribution >= 0.6 is 35.2 Å². The zero-order valence-corrected chi connectivity index (χ0v) is 18.2. The fourth-order valence-corrected chi connectivity index (χ4v) is 2.79. The Balaban J connectivity index is 0.000000533. The van der Waals surface area contributed by atoms with Gasteiger partial charge in [0, 0.05) is 10.6 Å². The number of thiocarbonyl (C=S) groups is 1. The van der Waals surface area contributed by atoms with Crippen LogP contribution in [0.4, 0.5) is 4.39 Å². The molecule has 0 fully saturated rings. The van der Waals surface area contributed by atoms with Crippen LogP contribution < -0.4 is 5.73 Å². The first kappa shape index (κ1) is 24.6. The fourth-order valence-electron chi connectivity index (χ4n) is 1.69. The first-order chi connectivity index (χ1) is 12.2. The van der Waals surface area contributed by atoms with Crippen molar-refractivity contribution in [3.8, 4) is 10.6 Å². The number of carbonyl (C=O) groups excluding carboxylic acids is 1. The van der Waals surface area contributed by atoms with Crippen molar-refractivity contribution in [1.29, 1.82) is 0 Å². The number of nitrogens with two attached hydrogens (primary N) is 1. The molecule has 2 rings (SSSR count). The van der Waals surface area contributed by atoms with Gasteiger partial charge in [-0.3, -0.25) is 4.79 Å². The first-order valence-electron chi connectivity index (χ1n) is 8.40. The second-order valence-electron chi connectivity index (χ2n) is 5.69. The zero-order valence-electron chi connectivity index (χ0n) is 15.8. The van der Waals surface area contributed by atoms with E-state index in [9.17, 15) is 9.18 Å². The molecule has 1 aromatic heterocycles. The maximum absolute atomic E-state index is 13.1. The van der Waals surface area contributed by atoms with Crippen LogP contribution in [0.1, 0.15) is 57.1 Å². The van der Waals surface area contributed by atoms with Crippen LogP contribution in [0.2, 0.25) is 5.02 Å². The van der Waals surface area contributed by atoms with Crippen LogP contribution in [0.5, 0.6) is 0 Å².